The minimum Gasteiger partial charge on any atom is -0.469 e. The first-order chi connectivity index (χ1) is 4.86. The van der Waals surface area contributed by atoms with Gasteiger partial charge in [-0.25, -0.2) is 0 Å². The van der Waals surface area contributed by atoms with Gasteiger partial charge in [-0.1, -0.05) is 11.6 Å². The van der Waals surface area contributed by atoms with E-state index in [9.17, 15) is 0 Å². The highest BCUT2D eigenvalue weighted by Crippen LogP contribution is 2.30. The fraction of sp³-hybridized carbons (Fsp3) is 0.333. The molecule has 1 aliphatic heterocycles. The molecule has 0 saturated heterocycles. The molecule has 1 nitrogen and oxygen atoms in total. The highest BCUT2D eigenvalue weighted by Gasteiger charge is 2.19. The quantitative estimate of drug-likeness (QED) is 0.494. The van der Waals surface area contributed by atoms with E-state index in [-0.39, 0.29) is 0 Å². The van der Waals surface area contributed by atoms with Gasteiger partial charge in [-0.15, -0.1) is 0 Å². The summed E-state index contributed by atoms with van der Waals surface area (Å²) in [6, 6.07) is 0. The molecule has 0 N–H and O–H groups in total. The summed E-state index contributed by atoms with van der Waals surface area (Å²) in [6.45, 7) is 2.15. The van der Waals surface area contributed by atoms with Crippen LogP contribution in [0.3, 0.4) is 0 Å². The Bertz CT molecular complexity index is 233. The molecule has 0 aromatic rings. The molecule has 0 fully saturated rings. The summed E-state index contributed by atoms with van der Waals surface area (Å²) in [4.78, 5) is 0. The molecule has 1 atom stereocenters. The van der Waals surface area contributed by atoms with Gasteiger partial charge in [0.05, 0.1) is 6.26 Å². The first-order valence-electron chi connectivity index (χ1n) is 3.57. The van der Waals surface area contributed by atoms with Gasteiger partial charge < -0.3 is 4.74 Å². The summed E-state index contributed by atoms with van der Waals surface area (Å²) in [5.41, 5.74) is 1.43. The van der Waals surface area contributed by atoms with Gasteiger partial charge in [0.25, 0.3) is 0 Å². The average Bonchev–Trinajstić information content (AvgIpc) is 2.33. The number of hydrogen-bond acceptors (Lipinski definition) is 1. The van der Waals surface area contributed by atoms with Crippen LogP contribution in [0.25, 0.3) is 0 Å². The normalized spacial score (nSPS) is 28.7. The summed E-state index contributed by atoms with van der Waals surface area (Å²) >= 11 is 0. The number of hydrogen-bond donors (Lipinski definition) is 0. The molecule has 0 radical (unpaired) electrons. The molecule has 2 rings (SSSR count). The van der Waals surface area contributed by atoms with Crippen molar-refractivity contribution >= 4 is 0 Å². The Hall–Kier alpha value is -0.980. The van der Waals surface area contributed by atoms with Crippen molar-refractivity contribution in [2.45, 2.75) is 13.3 Å². The summed E-state index contributed by atoms with van der Waals surface area (Å²) in [5, 5.41) is 0. The largest absolute Gasteiger partial charge is 0.469 e. The molecule has 0 saturated carbocycles. The fourth-order valence-electron chi connectivity index (χ4n) is 1.37. The Kier molecular flexibility index (Phi) is 1.16. The third-order valence-corrected chi connectivity index (χ3v) is 1.95. The van der Waals surface area contributed by atoms with Gasteiger partial charge >= 0.3 is 0 Å². The highest BCUT2D eigenvalue weighted by atomic mass is 16.5. The maximum absolute atomic E-state index is 5.24. The third-order valence-electron chi connectivity index (χ3n) is 1.95. The lowest BCUT2D eigenvalue weighted by Gasteiger charge is -2.13. The van der Waals surface area contributed by atoms with E-state index in [1.54, 1.807) is 6.26 Å². The lowest BCUT2D eigenvalue weighted by Crippen LogP contribution is -2.01. The van der Waals surface area contributed by atoms with E-state index in [2.05, 4.69) is 25.2 Å². The van der Waals surface area contributed by atoms with Gasteiger partial charge in [-0.05, 0) is 25.5 Å². The molecule has 1 heteroatoms. The van der Waals surface area contributed by atoms with Crippen molar-refractivity contribution in [3.05, 3.63) is 35.8 Å². The second-order valence-electron chi connectivity index (χ2n) is 2.84. The van der Waals surface area contributed by atoms with Crippen LogP contribution in [0.2, 0.25) is 0 Å². The van der Waals surface area contributed by atoms with Crippen molar-refractivity contribution in [1.82, 2.24) is 0 Å². The predicted octanol–water partition coefficient (Wildman–Crippen LogP) is 2.38. The predicted molar refractivity (Wildman–Crippen MR) is 40.2 cm³/mol. The first kappa shape index (κ1) is 5.78. The van der Waals surface area contributed by atoms with Crippen molar-refractivity contribution < 1.29 is 4.74 Å². The van der Waals surface area contributed by atoms with Gasteiger partial charge in [0.15, 0.2) is 0 Å². The molecule has 2 aliphatic rings. The Labute approximate surface area is 60.7 Å². The molecule has 0 aromatic heterocycles. The van der Waals surface area contributed by atoms with Gasteiger partial charge in [0, 0.05) is 5.92 Å². The summed E-state index contributed by atoms with van der Waals surface area (Å²) < 4.78 is 5.24. The van der Waals surface area contributed by atoms with Crippen molar-refractivity contribution in [3.8, 4) is 0 Å². The zero-order valence-corrected chi connectivity index (χ0v) is 6.00. The van der Waals surface area contributed by atoms with Crippen molar-refractivity contribution in [2.24, 2.45) is 5.92 Å². The molecule has 1 heterocycles. The number of allylic oxidation sites excluding steroid dienone is 4. The molecule has 1 aliphatic carbocycles. The third kappa shape index (κ3) is 0.783. The zero-order valence-electron chi connectivity index (χ0n) is 6.00. The van der Waals surface area contributed by atoms with E-state index in [1.807, 2.05) is 0 Å². The van der Waals surface area contributed by atoms with Gasteiger partial charge in [-0.2, -0.15) is 0 Å². The van der Waals surface area contributed by atoms with Crippen LogP contribution in [0, 0.1) is 5.92 Å². The number of rotatable bonds is 0. The van der Waals surface area contributed by atoms with E-state index in [1.165, 1.54) is 5.57 Å². The van der Waals surface area contributed by atoms with E-state index in [0.29, 0.717) is 5.92 Å². The van der Waals surface area contributed by atoms with Crippen LogP contribution in [-0.4, -0.2) is 0 Å². The van der Waals surface area contributed by atoms with Crippen LogP contribution < -0.4 is 0 Å². The summed E-state index contributed by atoms with van der Waals surface area (Å²) in [6.07, 6.45) is 9.20. The van der Waals surface area contributed by atoms with E-state index < -0.39 is 0 Å². The van der Waals surface area contributed by atoms with Crippen LogP contribution >= 0.6 is 0 Å². The molecular weight excluding hydrogens is 124 g/mol. The second kappa shape index (κ2) is 2.01. The topological polar surface area (TPSA) is 9.23 Å². The number of ether oxygens (including phenoxy) is 1. The smallest absolute Gasteiger partial charge is 0.110 e. The molecule has 1 unspecified atom stereocenters. The fourth-order valence-corrected chi connectivity index (χ4v) is 1.37. The Balaban J connectivity index is 2.28. The maximum Gasteiger partial charge on any atom is 0.110 e. The Morgan fingerprint density at radius 3 is 3.30 bits per heavy atom. The lowest BCUT2D eigenvalue weighted by atomic mass is 9.95. The molecule has 10 heavy (non-hydrogen) atoms. The Morgan fingerprint density at radius 1 is 1.50 bits per heavy atom. The highest BCUT2D eigenvalue weighted by molar-refractivity contribution is 5.27. The van der Waals surface area contributed by atoms with Gasteiger partial charge in [0.1, 0.15) is 5.76 Å². The molecule has 0 amide bonds. The first-order valence-corrected chi connectivity index (χ1v) is 3.57. The van der Waals surface area contributed by atoms with Crippen molar-refractivity contribution in [2.75, 3.05) is 0 Å². The van der Waals surface area contributed by atoms with Crippen LogP contribution in [0.4, 0.5) is 0 Å². The second-order valence-corrected chi connectivity index (χ2v) is 2.84. The molecule has 0 spiro atoms. The summed E-state index contributed by atoms with van der Waals surface area (Å²) in [7, 11) is 0. The average molecular weight is 134 g/mol. The van der Waals surface area contributed by atoms with E-state index >= 15 is 0 Å². The Morgan fingerprint density at radius 2 is 2.40 bits per heavy atom. The molecule has 52 valence electrons. The molecule has 0 bridgehead atoms. The minimum atomic E-state index is 0.532. The zero-order chi connectivity index (χ0) is 6.97. The van der Waals surface area contributed by atoms with Gasteiger partial charge in [-0.3, -0.25) is 0 Å². The van der Waals surface area contributed by atoms with E-state index in [4.69, 9.17) is 4.74 Å². The summed E-state index contributed by atoms with van der Waals surface area (Å²) in [5.74, 6) is 1.63. The van der Waals surface area contributed by atoms with Crippen molar-refractivity contribution in [1.29, 1.82) is 0 Å². The molecule has 0 aromatic carbocycles. The minimum absolute atomic E-state index is 0.532. The van der Waals surface area contributed by atoms with Crippen LogP contribution in [-0.2, 0) is 4.74 Å². The van der Waals surface area contributed by atoms with Crippen LogP contribution in [0.1, 0.15) is 13.3 Å². The van der Waals surface area contributed by atoms with Crippen molar-refractivity contribution in [3.63, 3.8) is 0 Å². The van der Waals surface area contributed by atoms with Crippen LogP contribution in [0.5, 0.6) is 0 Å². The van der Waals surface area contributed by atoms with E-state index in [0.717, 1.165) is 12.2 Å². The monoisotopic (exact) mass is 134 g/mol. The standard InChI is InChI=1S/C9H10O/c1-7-2-3-9-8(6-7)4-5-10-9/h2-5,8H,6H2,1H3. The maximum atomic E-state index is 5.24. The van der Waals surface area contributed by atoms with Gasteiger partial charge in [0.2, 0.25) is 0 Å². The SMILES string of the molecule is CC1=CC=C2OC=CC2C1. The number of fused-ring (bicyclic) bond motifs is 1. The lowest BCUT2D eigenvalue weighted by molar-refractivity contribution is 0.339. The van der Waals surface area contributed by atoms with Crippen LogP contribution in [0.15, 0.2) is 35.8 Å². The molecular formula is C9H10O.